The van der Waals surface area contributed by atoms with Crippen molar-refractivity contribution in [2.75, 3.05) is 18.1 Å². The van der Waals surface area contributed by atoms with E-state index < -0.39 is 11.6 Å². The Labute approximate surface area is 119 Å². The largest absolute Gasteiger partial charge is 0.490 e. The Morgan fingerprint density at radius 3 is 2.85 bits per heavy atom. The maximum absolute atomic E-state index is 13.6. The molecule has 2 nitrogen and oxygen atoms in total. The Kier molecular flexibility index (Phi) is 3.53. The molecule has 1 aliphatic heterocycles. The van der Waals surface area contributed by atoms with Crippen molar-refractivity contribution in [2.45, 2.75) is 10.8 Å². The summed E-state index contributed by atoms with van der Waals surface area (Å²) in [5.74, 6) is -0.314. The summed E-state index contributed by atoms with van der Waals surface area (Å²) in [5.41, 5.74) is 6.29. The van der Waals surface area contributed by atoms with Crippen molar-refractivity contribution in [3.8, 4) is 5.75 Å². The van der Waals surface area contributed by atoms with Gasteiger partial charge in [-0.3, -0.25) is 0 Å². The van der Waals surface area contributed by atoms with Crippen LogP contribution in [-0.4, -0.2) is 12.4 Å². The van der Waals surface area contributed by atoms with E-state index in [1.165, 1.54) is 10.5 Å². The summed E-state index contributed by atoms with van der Waals surface area (Å²) in [6.07, 6.45) is 0. The first-order valence-corrected chi connectivity index (χ1v) is 7.23. The molecule has 0 aromatic heterocycles. The summed E-state index contributed by atoms with van der Waals surface area (Å²) >= 11 is 1.75. The molecule has 104 valence electrons. The van der Waals surface area contributed by atoms with E-state index in [1.54, 1.807) is 11.8 Å². The highest BCUT2D eigenvalue weighted by atomic mass is 32.2. The van der Waals surface area contributed by atoms with Gasteiger partial charge in [-0.25, -0.2) is 8.78 Å². The molecule has 0 amide bonds. The van der Waals surface area contributed by atoms with Crippen molar-refractivity contribution in [3.05, 3.63) is 53.6 Å². The summed E-state index contributed by atoms with van der Waals surface area (Å²) < 4.78 is 32.4. The molecule has 0 bridgehead atoms. The number of hydrogen-bond donors (Lipinski definition) is 1. The smallest absolute Gasteiger partial charge is 0.167 e. The number of anilines is 1. The van der Waals surface area contributed by atoms with Crippen LogP contribution in [0.15, 0.2) is 41.3 Å². The number of benzene rings is 2. The Morgan fingerprint density at radius 2 is 2.00 bits per heavy atom. The molecule has 1 atom stereocenters. The standard InChI is InChI=1S/C15H13F2NOS/c16-11-6-14(12(17)5-13(11)18)19-7-9-8-20-15-4-2-1-3-10(9)15/h1-6,9H,7-8,18H2. The maximum Gasteiger partial charge on any atom is 0.167 e. The molecule has 2 N–H and O–H groups in total. The van der Waals surface area contributed by atoms with Gasteiger partial charge in [0.2, 0.25) is 0 Å². The minimum absolute atomic E-state index is 0.0916. The molecule has 0 saturated heterocycles. The number of nitrogens with two attached hydrogens (primary N) is 1. The maximum atomic E-state index is 13.6. The molecule has 1 unspecified atom stereocenters. The normalized spacial score (nSPS) is 17.0. The Hall–Kier alpha value is -1.75. The molecular weight excluding hydrogens is 280 g/mol. The summed E-state index contributed by atoms with van der Waals surface area (Å²) in [6, 6.07) is 10.0. The lowest BCUT2D eigenvalue weighted by Crippen LogP contribution is -2.11. The first-order valence-electron chi connectivity index (χ1n) is 6.24. The average molecular weight is 293 g/mol. The van der Waals surface area contributed by atoms with Crippen molar-refractivity contribution in [3.63, 3.8) is 0 Å². The van der Waals surface area contributed by atoms with Gasteiger partial charge in [0.05, 0.1) is 12.3 Å². The quantitative estimate of drug-likeness (QED) is 0.874. The Morgan fingerprint density at radius 1 is 1.20 bits per heavy atom. The first-order chi connectivity index (χ1) is 9.65. The number of hydrogen-bond acceptors (Lipinski definition) is 3. The van der Waals surface area contributed by atoms with Gasteiger partial charge in [-0.05, 0) is 11.6 Å². The lowest BCUT2D eigenvalue weighted by Gasteiger charge is -2.13. The van der Waals surface area contributed by atoms with Gasteiger partial charge in [0.15, 0.2) is 11.6 Å². The monoisotopic (exact) mass is 293 g/mol. The number of halogens is 2. The second-order valence-electron chi connectivity index (χ2n) is 4.66. The lowest BCUT2D eigenvalue weighted by atomic mass is 10.0. The van der Waals surface area contributed by atoms with Crippen LogP contribution in [0.25, 0.3) is 0 Å². The van der Waals surface area contributed by atoms with Crippen LogP contribution in [0.1, 0.15) is 11.5 Å². The molecule has 0 radical (unpaired) electrons. The van der Waals surface area contributed by atoms with Gasteiger partial charge in [0.1, 0.15) is 5.82 Å². The van der Waals surface area contributed by atoms with E-state index in [0.29, 0.717) is 6.61 Å². The van der Waals surface area contributed by atoms with Crippen LogP contribution in [0.2, 0.25) is 0 Å². The van der Waals surface area contributed by atoms with Crippen molar-refractivity contribution in [2.24, 2.45) is 0 Å². The third kappa shape index (κ3) is 2.45. The zero-order valence-electron chi connectivity index (χ0n) is 10.6. The highest BCUT2D eigenvalue weighted by Crippen LogP contribution is 2.39. The third-order valence-electron chi connectivity index (χ3n) is 3.29. The van der Waals surface area contributed by atoms with Gasteiger partial charge in [0.25, 0.3) is 0 Å². The molecule has 1 aliphatic rings. The third-order valence-corrected chi connectivity index (χ3v) is 4.54. The zero-order chi connectivity index (χ0) is 14.1. The van der Waals surface area contributed by atoms with Crippen molar-refractivity contribution in [1.29, 1.82) is 0 Å². The van der Waals surface area contributed by atoms with Crippen LogP contribution in [-0.2, 0) is 0 Å². The molecule has 0 saturated carbocycles. The number of thioether (sulfide) groups is 1. The summed E-state index contributed by atoms with van der Waals surface area (Å²) in [6.45, 7) is 0.324. The predicted molar refractivity (Wildman–Crippen MR) is 76.2 cm³/mol. The molecular formula is C15H13F2NOS. The molecule has 3 rings (SSSR count). The molecule has 0 fully saturated rings. The fourth-order valence-corrected chi connectivity index (χ4v) is 3.44. The average Bonchev–Trinajstić information content (AvgIpc) is 2.85. The van der Waals surface area contributed by atoms with Gasteiger partial charge in [-0.15, -0.1) is 11.8 Å². The van der Waals surface area contributed by atoms with E-state index in [2.05, 4.69) is 6.07 Å². The molecule has 0 spiro atoms. The number of nitrogen functional groups attached to an aromatic ring is 1. The predicted octanol–water partition coefficient (Wildman–Crippen LogP) is 3.82. The second-order valence-corrected chi connectivity index (χ2v) is 5.72. The van der Waals surface area contributed by atoms with E-state index in [0.717, 1.165) is 17.9 Å². The molecule has 0 aliphatic carbocycles. The van der Waals surface area contributed by atoms with Gasteiger partial charge >= 0.3 is 0 Å². The molecule has 2 aromatic carbocycles. The van der Waals surface area contributed by atoms with Crippen molar-refractivity contribution < 1.29 is 13.5 Å². The van der Waals surface area contributed by atoms with Gasteiger partial charge in [0, 0.05) is 28.7 Å². The number of rotatable bonds is 3. The van der Waals surface area contributed by atoms with Crippen LogP contribution >= 0.6 is 11.8 Å². The van der Waals surface area contributed by atoms with Crippen molar-refractivity contribution in [1.82, 2.24) is 0 Å². The van der Waals surface area contributed by atoms with Crippen LogP contribution < -0.4 is 10.5 Å². The van der Waals surface area contributed by atoms with E-state index >= 15 is 0 Å². The van der Waals surface area contributed by atoms with E-state index in [9.17, 15) is 8.78 Å². The minimum Gasteiger partial charge on any atom is -0.490 e. The Bertz CT molecular complexity index is 648. The summed E-state index contributed by atoms with van der Waals surface area (Å²) in [4.78, 5) is 1.23. The molecule has 5 heteroatoms. The summed E-state index contributed by atoms with van der Waals surface area (Å²) in [5, 5.41) is 0. The van der Waals surface area contributed by atoms with Crippen LogP contribution in [0, 0.1) is 11.6 Å². The number of fused-ring (bicyclic) bond motifs is 1. The van der Waals surface area contributed by atoms with E-state index in [4.69, 9.17) is 10.5 Å². The van der Waals surface area contributed by atoms with E-state index in [1.807, 2.05) is 18.2 Å². The SMILES string of the molecule is Nc1cc(F)c(OCC2CSc3ccccc32)cc1F. The summed E-state index contributed by atoms with van der Waals surface area (Å²) in [7, 11) is 0. The topological polar surface area (TPSA) is 35.2 Å². The van der Waals surface area contributed by atoms with Gasteiger partial charge < -0.3 is 10.5 Å². The van der Waals surface area contributed by atoms with Crippen LogP contribution in [0.5, 0.6) is 5.75 Å². The number of ether oxygens (including phenoxy) is 1. The van der Waals surface area contributed by atoms with Gasteiger partial charge in [-0.2, -0.15) is 0 Å². The minimum atomic E-state index is -0.664. The zero-order valence-corrected chi connectivity index (χ0v) is 11.4. The lowest BCUT2D eigenvalue weighted by molar-refractivity contribution is 0.282. The highest BCUT2D eigenvalue weighted by Gasteiger charge is 2.23. The Balaban J connectivity index is 1.74. The van der Waals surface area contributed by atoms with Crippen LogP contribution in [0.3, 0.4) is 0 Å². The molecule has 1 heterocycles. The fraction of sp³-hybridized carbons (Fsp3) is 0.200. The second kappa shape index (κ2) is 5.32. The molecule has 2 aromatic rings. The van der Waals surface area contributed by atoms with Crippen molar-refractivity contribution >= 4 is 17.4 Å². The van der Waals surface area contributed by atoms with E-state index in [-0.39, 0.29) is 17.4 Å². The highest BCUT2D eigenvalue weighted by molar-refractivity contribution is 7.99. The first kappa shape index (κ1) is 13.2. The van der Waals surface area contributed by atoms with Gasteiger partial charge in [-0.1, -0.05) is 18.2 Å². The fourth-order valence-electron chi connectivity index (χ4n) is 2.21. The van der Waals surface area contributed by atoms with Crippen LogP contribution in [0.4, 0.5) is 14.5 Å². The molecule has 20 heavy (non-hydrogen) atoms.